The van der Waals surface area contributed by atoms with Crippen molar-refractivity contribution in [1.29, 1.82) is 0 Å². The van der Waals surface area contributed by atoms with Crippen LogP contribution in [0, 0.1) is 0 Å². The van der Waals surface area contributed by atoms with Crippen LogP contribution in [0.15, 0.2) is 42.5 Å². The van der Waals surface area contributed by atoms with E-state index in [2.05, 4.69) is 24.0 Å². The van der Waals surface area contributed by atoms with E-state index < -0.39 is 5.97 Å². The van der Waals surface area contributed by atoms with Crippen LogP contribution in [0.5, 0.6) is 0 Å². The summed E-state index contributed by atoms with van der Waals surface area (Å²) in [5.74, 6) is -1.00. The second-order valence-electron chi connectivity index (χ2n) is 6.04. The van der Waals surface area contributed by atoms with Gasteiger partial charge in [0.15, 0.2) is 0 Å². The third kappa shape index (κ3) is 3.41. The van der Waals surface area contributed by atoms with E-state index in [1.807, 2.05) is 18.2 Å². The van der Waals surface area contributed by atoms with E-state index in [0.717, 1.165) is 24.2 Å². The van der Waals surface area contributed by atoms with Crippen LogP contribution >= 0.6 is 11.6 Å². The second-order valence-corrected chi connectivity index (χ2v) is 6.45. The first-order valence-electron chi connectivity index (χ1n) is 7.93. The molecule has 0 saturated carbocycles. The number of nitrogens with zero attached hydrogens (tertiary/aromatic N) is 1. The summed E-state index contributed by atoms with van der Waals surface area (Å²) in [4.78, 5) is 13.8. The van der Waals surface area contributed by atoms with Crippen LogP contribution in [0.4, 0.5) is 0 Å². The lowest BCUT2D eigenvalue weighted by Gasteiger charge is -2.24. The highest BCUT2D eigenvalue weighted by molar-refractivity contribution is 6.33. The SMILES string of the molecule is C[C@@H](c1cccc(-c2ccc(Cl)c(C(=O)O)c2)c1)N1CCCC1. The molecule has 0 amide bonds. The fraction of sp³-hybridized carbons (Fsp3) is 0.316. The molecule has 23 heavy (non-hydrogen) atoms. The van der Waals surface area contributed by atoms with Gasteiger partial charge in [-0.2, -0.15) is 0 Å². The zero-order valence-corrected chi connectivity index (χ0v) is 13.9. The van der Waals surface area contributed by atoms with Crippen molar-refractivity contribution in [2.45, 2.75) is 25.8 Å². The number of carboxylic acid groups (broad SMARTS) is 1. The molecular formula is C19H20ClNO2. The van der Waals surface area contributed by atoms with Crippen molar-refractivity contribution < 1.29 is 9.90 Å². The summed E-state index contributed by atoms with van der Waals surface area (Å²) in [6, 6.07) is 13.9. The molecule has 2 aromatic rings. The van der Waals surface area contributed by atoms with Crippen molar-refractivity contribution in [2.75, 3.05) is 13.1 Å². The molecule has 1 fully saturated rings. The van der Waals surface area contributed by atoms with Crippen LogP contribution < -0.4 is 0 Å². The Bertz CT molecular complexity index is 723. The van der Waals surface area contributed by atoms with Gasteiger partial charge in [-0.05, 0) is 67.7 Å². The molecule has 0 unspecified atom stereocenters. The number of likely N-dealkylation sites (tertiary alicyclic amines) is 1. The molecule has 0 radical (unpaired) electrons. The fourth-order valence-electron chi connectivity index (χ4n) is 3.19. The molecule has 0 aromatic heterocycles. The Labute approximate surface area is 141 Å². The Balaban J connectivity index is 1.93. The molecule has 120 valence electrons. The lowest BCUT2D eigenvalue weighted by molar-refractivity contribution is 0.0697. The first-order valence-corrected chi connectivity index (χ1v) is 8.31. The maximum absolute atomic E-state index is 11.3. The molecule has 1 saturated heterocycles. The minimum Gasteiger partial charge on any atom is -0.478 e. The van der Waals surface area contributed by atoms with Crippen LogP contribution in [0.3, 0.4) is 0 Å². The molecule has 1 heterocycles. The number of hydrogen-bond donors (Lipinski definition) is 1. The van der Waals surface area contributed by atoms with Crippen LogP contribution in [-0.2, 0) is 0 Å². The Morgan fingerprint density at radius 3 is 2.52 bits per heavy atom. The van der Waals surface area contributed by atoms with E-state index in [1.165, 1.54) is 18.4 Å². The summed E-state index contributed by atoms with van der Waals surface area (Å²) < 4.78 is 0. The Morgan fingerprint density at radius 2 is 1.83 bits per heavy atom. The minimum atomic E-state index is -1.00. The van der Waals surface area contributed by atoms with Gasteiger partial charge in [0.25, 0.3) is 0 Å². The highest BCUT2D eigenvalue weighted by atomic mass is 35.5. The average molecular weight is 330 g/mol. The van der Waals surface area contributed by atoms with Gasteiger partial charge in [0, 0.05) is 6.04 Å². The van der Waals surface area contributed by atoms with Gasteiger partial charge in [-0.15, -0.1) is 0 Å². The molecule has 4 heteroatoms. The minimum absolute atomic E-state index is 0.141. The predicted molar refractivity (Wildman–Crippen MR) is 93.1 cm³/mol. The van der Waals surface area contributed by atoms with Gasteiger partial charge < -0.3 is 5.11 Å². The molecule has 1 aliphatic heterocycles. The zero-order chi connectivity index (χ0) is 16.4. The number of aromatic carboxylic acids is 1. The summed E-state index contributed by atoms with van der Waals surface area (Å²) in [7, 11) is 0. The molecular weight excluding hydrogens is 310 g/mol. The number of carboxylic acids is 1. The molecule has 1 N–H and O–H groups in total. The molecule has 0 bridgehead atoms. The summed E-state index contributed by atoms with van der Waals surface area (Å²) >= 11 is 5.96. The summed E-state index contributed by atoms with van der Waals surface area (Å²) in [5.41, 5.74) is 3.30. The van der Waals surface area contributed by atoms with Gasteiger partial charge >= 0.3 is 5.97 Å². The first kappa shape index (κ1) is 16.0. The van der Waals surface area contributed by atoms with E-state index in [9.17, 15) is 9.90 Å². The van der Waals surface area contributed by atoms with Crippen LogP contribution in [0.25, 0.3) is 11.1 Å². The third-order valence-corrected chi connectivity index (χ3v) is 4.92. The largest absolute Gasteiger partial charge is 0.478 e. The molecule has 0 aliphatic carbocycles. The number of benzene rings is 2. The standard InChI is InChI=1S/C19H20ClNO2/c1-13(21-9-2-3-10-21)14-5-4-6-15(11-14)16-7-8-18(20)17(12-16)19(22)23/h4-8,11-13H,2-3,9-10H2,1H3,(H,22,23)/t13-/m0/s1. The van der Waals surface area contributed by atoms with Gasteiger partial charge in [0.05, 0.1) is 10.6 Å². The first-order chi connectivity index (χ1) is 11.1. The van der Waals surface area contributed by atoms with Crippen molar-refractivity contribution in [1.82, 2.24) is 4.90 Å². The van der Waals surface area contributed by atoms with Gasteiger partial charge in [-0.25, -0.2) is 4.79 Å². The highest BCUT2D eigenvalue weighted by Gasteiger charge is 2.19. The predicted octanol–water partition coefficient (Wildman–Crippen LogP) is 4.86. The van der Waals surface area contributed by atoms with Crippen molar-refractivity contribution in [3.8, 4) is 11.1 Å². The van der Waals surface area contributed by atoms with Crippen molar-refractivity contribution in [3.63, 3.8) is 0 Å². The summed E-state index contributed by atoms with van der Waals surface area (Å²) in [6.07, 6.45) is 2.53. The number of hydrogen-bond acceptors (Lipinski definition) is 2. The van der Waals surface area contributed by atoms with Crippen LogP contribution in [0.1, 0.15) is 41.7 Å². The normalized spacial score (nSPS) is 16.4. The van der Waals surface area contributed by atoms with Gasteiger partial charge in [0.2, 0.25) is 0 Å². The molecule has 3 rings (SSSR count). The third-order valence-electron chi connectivity index (χ3n) is 4.59. The Hall–Kier alpha value is -1.84. The van der Waals surface area contributed by atoms with Gasteiger partial charge in [-0.3, -0.25) is 4.90 Å². The number of rotatable bonds is 4. The van der Waals surface area contributed by atoms with Crippen molar-refractivity contribution in [2.24, 2.45) is 0 Å². The summed E-state index contributed by atoms with van der Waals surface area (Å²) in [5, 5.41) is 9.50. The fourth-order valence-corrected chi connectivity index (χ4v) is 3.38. The van der Waals surface area contributed by atoms with Crippen LogP contribution in [-0.4, -0.2) is 29.1 Å². The summed E-state index contributed by atoms with van der Waals surface area (Å²) in [6.45, 7) is 4.53. The second kappa shape index (κ2) is 6.73. The van der Waals surface area contributed by atoms with E-state index in [1.54, 1.807) is 12.1 Å². The lowest BCUT2D eigenvalue weighted by Crippen LogP contribution is -2.23. The molecule has 2 aromatic carbocycles. The van der Waals surface area contributed by atoms with E-state index in [4.69, 9.17) is 11.6 Å². The topological polar surface area (TPSA) is 40.5 Å². The monoisotopic (exact) mass is 329 g/mol. The quantitative estimate of drug-likeness (QED) is 0.870. The average Bonchev–Trinajstić information content (AvgIpc) is 3.09. The molecule has 1 aliphatic rings. The van der Waals surface area contributed by atoms with E-state index in [-0.39, 0.29) is 10.6 Å². The van der Waals surface area contributed by atoms with Crippen LogP contribution in [0.2, 0.25) is 5.02 Å². The maximum Gasteiger partial charge on any atom is 0.337 e. The zero-order valence-electron chi connectivity index (χ0n) is 13.1. The molecule has 0 spiro atoms. The molecule has 3 nitrogen and oxygen atoms in total. The van der Waals surface area contributed by atoms with Crippen molar-refractivity contribution in [3.05, 3.63) is 58.6 Å². The highest BCUT2D eigenvalue weighted by Crippen LogP contribution is 2.30. The smallest absolute Gasteiger partial charge is 0.337 e. The maximum atomic E-state index is 11.3. The Morgan fingerprint density at radius 1 is 1.13 bits per heavy atom. The van der Waals surface area contributed by atoms with E-state index in [0.29, 0.717) is 6.04 Å². The molecule has 1 atom stereocenters. The van der Waals surface area contributed by atoms with Gasteiger partial charge in [-0.1, -0.05) is 35.9 Å². The van der Waals surface area contributed by atoms with Gasteiger partial charge in [0.1, 0.15) is 0 Å². The van der Waals surface area contributed by atoms with Crippen molar-refractivity contribution >= 4 is 17.6 Å². The lowest BCUT2D eigenvalue weighted by atomic mass is 9.98. The number of halogens is 1. The number of carbonyl (C=O) groups is 1. The van der Waals surface area contributed by atoms with E-state index >= 15 is 0 Å². The Kier molecular flexibility index (Phi) is 4.69.